The Morgan fingerprint density at radius 3 is 2.52 bits per heavy atom. The van der Waals surface area contributed by atoms with Crippen molar-refractivity contribution in [3.8, 4) is 11.5 Å². The highest BCUT2D eigenvalue weighted by Crippen LogP contribution is 2.29. The number of amides is 1. The van der Waals surface area contributed by atoms with Crippen molar-refractivity contribution >= 4 is 11.6 Å². The Morgan fingerprint density at radius 2 is 1.74 bits per heavy atom. The molecule has 0 atom stereocenters. The summed E-state index contributed by atoms with van der Waals surface area (Å²) in [5.74, 6) is 1.33. The number of hydrogen-bond donors (Lipinski definition) is 1. The lowest BCUT2D eigenvalue weighted by Crippen LogP contribution is -2.41. The topological polar surface area (TPSA) is 50.8 Å². The summed E-state index contributed by atoms with van der Waals surface area (Å²) < 4.78 is 11.1. The van der Waals surface area contributed by atoms with Crippen LogP contribution in [-0.2, 0) is 9.53 Å². The van der Waals surface area contributed by atoms with E-state index < -0.39 is 0 Å². The van der Waals surface area contributed by atoms with Crippen LogP contribution in [0, 0.1) is 0 Å². The molecule has 0 spiro atoms. The van der Waals surface area contributed by atoms with E-state index in [1.807, 2.05) is 54.6 Å². The predicted octanol–water partition coefficient (Wildman–Crippen LogP) is 2.75. The molecule has 1 heterocycles. The first-order valence-corrected chi connectivity index (χ1v) is 7.73. The fourth-order valence-electron chi connectivity index (χ4n) is 2.43. The molecule has 0 saturated carbocycles. The fraction of sp³-hybridized carbons (Fsp3) is 0.278. The van der Waals surface area contributed by atoms with E-state index in [1.54, 1.807) is 0 Å². The second-order valence-electron chi connectivity index (χ2n) is 5.35. The van der Waals surface area contributed by atoms with Crippen molar-refractivity contribution in [2.24, 2.45) is 0 Å². The van der Waals surface area contributed by atoms with Crippen LogP contribution in [0.2, 0.25) is 0 Å². The molecule has 120 valence electrons. The number of carbonyl (C=O) groups excluding carboxylic acids is 1. The fourth-order valence-corrected chi connectivity index (χ4v) is 2.43. The Morgan fingerprint density at radius 1 is 1.04 bits per heavy atom. The monoisotopic (exact) mass is 312 g/mol. The van der Waals surface area contributed by atoms with Gasteiger partial charge < -0.3 is 14.8 Å². The van der Waals surface area contributed by atoms with Crippen molar-refractivity contribution in [3.05, 3.63) is 54.6 Å². The van der Waals surface area contributed by atoms with Gasteiger partial charge in [0.2, 0.25) is 5.91 Å². The predicted molar refractivity (Wildman–Crippen MR) is 88.8 cm³/mol. The summed E-state index contributed by atoms with van der Waals surface area (Å²) in [6.07, 6.45) is 0. The standard InChI is InChI=1S/C18H20N2O3/c21-18(14-20-10-12-22-13-11-20)19-16-8-4-5-9-17(16)23-15-6-2-1-3-7-15/h1-9H,10-14H2,(H,19,21). The molecule has 0 aromatic heterocycles. The third-order valence-corrected chi connectivity index (χ3v) is 3.60. The quantitative estimate of drug-likeness (QED) is 0.922. The normalized spacial score (nSPS) is 15.1. The van der Waals surface area contributed by atoms with Crippen LogP contribution in [0.4, 0.5) is 5.69 Å². The smallest absolute Gasteiger partial charge is 0.238 e. The molecule has 0 unspecified atom stereocenters. The molecule has 0 bridgehead atoms. The molecule has 1 aliphatic rings. The molecule has 23 heavy (non-hydrogen) atoms. The van der Waals surface area contributed by atoms with Crippen LogP contribution in [0.25, 0.3) is 0 Å². The Hall–Kier alpha value is -2.37. The number of nitrogens with one attached hydrogen (secondary N) is 1. The summed E-state index contributed by atoms with van der Waals surface area (Å²) in [4.78, 5) is 14.3. The summed E-state index contributed by atoms with van der Waals surface area (Å²) in [6, 6.07) is 17.0. The number of benzene rings is 2. The SMILES string of the molecule is O=C(CN1CCOCC1)Nc1ccccc1Oc1ccccc1. The highest BCUT2D eigenvalue weighted by atomic mass is 16.5. The van der Waals surface area contributed by atoms with Crippen molar-refractivity contribution < 1.29 is 14.3 Å². The van der Waals surface area contributed by atoms with Crippen LogP contribution < -0.4 is 10.1 Å². The lowest BCUT2D eigenvalue weighted by molar-refractivity contribution is -0.118. The van der Waals surface area contributed by atoms with E-state index in [9.17, 15) is 4.79 Å². The first kappa shape index (κ1) is 15.5. The van der Waals surface area contributed by atoms with Crippen LogP contribution in [0.3, 0.4) is 0 Å². The number of para-hydroxylation sites is 3. The zero-order valence-electron chi connectivity index (χ0n) is 12.9. The molecule has 1 amide bonds. The van der Waals surface area contributed by atoms with E-state index in [0.29, 0.717) is 31.2 Å². The Labute approximate surface area is 135 Å². The highest BCUT2D eigenvalue weighted by Gasteiger charge is 2.15. The van der Waals surface area contributed by atoms with E-state index in [2.05, 4.69) is 10.2 Å². The molecule has 5 nitrogen and oxygen atoms in total. The van der Waals surface area contributed by atoms with Crippen LogP contribution in [0.15, 0.2) is 54.6 Å². The minimum Gasteiger partial charge on any atom is -0.455 e. The Kier molecular flexibility index (Phi) is 5.24. The van der Waals surface area contributed by atoms with E-state index in [1.165, 1.54) is 0 Å². The van der Waals surface area contributed by atoms with Crippen LogP contribution >= 0.6 is 0 Å². The van der Waals surface area contributed by atoms with Crippen molar-refractivity contribution in [1.82, 2.24) is 4.90 Å². The first-order chi connectivity index (χ1) is 11.3. The van der Waals surface area contributed by atoms with E-state index in [4.69, 9.17) is 9.47 Å². The molecule has 3 rings (SSSR count). The van der Waals surface area contributed by atoms with Gasteiger partial charge in [-0.05, 0) is 24.3 Å². The largest absolute Gasteiger partial charge is 0.455 e. The van der Waals surface area contributed by atoms with Gasteiger partial charge in [0.25, 0.3) is 0 Å². The molecule has 0 radical (unpaired) electrons. The van der Waals surface area contributed by atoms with Gasteiger partial charge in [0, 0.05) is 13.1 Å². The van der Waals surface area contributed by atoms with E-state index >= 15 is 0 Å². The number of nitrogens with zero attached hydrogens (tertiary/aromatic N) is 1. The maximum Gasteiger partial charge on any atom is 0.238 e. The third-order valence-electron chi connectivity index (χ3n) is 3.60. The first-order valence-electron chi connectivity index (χ1n) is 7.73. The van der Waals surface area contributed by atoms with Crippen LogP contribution in [0.5, 0.6) is 11.5 Å². The van der Waals surface area contributed by atoms with Gasteiger partial charge in [-0.2, -0.15) is 0 Å². The molecule has 2 aromatic rings. The molecule has 1 aliphatic heterocycles. The second kappa shape index (κ2) is 7.76. The van der Waals surface area contributed by atoms with Crippen LogP contribution in [-0.4, -0.2) is 43.7 Å². The van der Waals surface area contributed by atoms with Gasteiger partial charge in [-0.15, -0.1) is 0 Å². The summed E-state index contributed by atoms with van der Waals surface area (Å²) in [5.41, 5.74) is 0.676. The van der Waals surface area contributed by atoms with Gasteiger partial charge in [0.15, 0.2) is 5.75 Å². The van der Waals surface area contributed by atoms with Gasteiger partial charge >= 0.3 is 0 Å². The van der Waals surface area contributed by atoms with Gasteiger partial charge in [-0.1, -0.05) is 30.3 Å². The average Bonchev–Trinajstić information content (AvgIpc) is 2.58. The van der Waals surface area contributed by atoms with Crippen molar-refractivity contribution in [1.29, 1.82) is 0 Å². The van der Waals surface area contributed by atoms with Gasteiger partial charge in [-0.3, -0.25) is 9.69 Å². The molecule has 1 fully saturated rings. The summed E-state index contributed by atoms with van der Waals surface area (Å²) in [7, 11) is 0. The van der Waals surface area contributed by atoms with Crippen LogP contribution in [0.1, 0.15) is 0 Å². The molecule has 0 aliphatic carbocycles. The number of rotatable bonds is 5. The van der Waals surface area contributed by atoms with Crippen molar-refractivity contribution in [3.63, 3.8) is 0 Å². The summed E-state index contributed by atoms with van der Waals surface area (Å²) >= 11 is 0. The molecule has 1 saturated heterocycles. The lowest BCUT2D eigenvalue weighted by atomic mass is 10.2. The molecule has 1 N–H and O–H groups in total. The van der Waals surface area contributed by atoms with Gasteiger partial charge in [0.05, 0.1) is 25.4 Å². The second-order valence-corrected chi connectivity index (χ2v) is 5.35. The van der Waals surface area contributed by atoms with E-state index in [-0.39, 0.29) is 5.91 Å². The van der Waals surface area contributed by atoms with Crippen molar-refractivity contribution in [2.45, 2.75) is 0 Å². The minimum atomic E-state index is -0.0454. The zero-order chi connectivity index (χ0) is 15.9. The number of anilines is 1. The maximum atomic E-state index is 12.2. The number of ether oxygens (including phenoxy) is 2. The Balaban J connectivity index is 1.64. The molecular weight excluding hydrogens is 292 g/mol. The third kappa shape index (κ3) is 4.55. The summed E-state index contributed by atoms with van der Waals surface area (Å²) in [6.45, 7) is 3.30. The highest BCUT2D eigenvalue weighted by molar-refractivity contribution is 5.93. The molecular formula is C18H20N2O3. The maximum absolute atomic E-state index is 12.2. The molecule has 2 aromatic carbocycles. The Bertz CT molecular complexity index is 640. The average molecular weight is 312 g/mol. The number of carbonyl (C=O) groups is 1. The number of morpholine rings is 1. The van der Waals surface area contributed by atoms with Crippen molar-refractivity contribution in [2.75, 3.05) is 38.2 Å². The minimum absolute atomic E-state index is 0.0454. The lowest BCUT2D eigenvalue weighted by Gasteiger charge is -2.25. The number of hydrogen-bond acceptors (Lipinski definition) is 4. The van der Waals surface area contributed by atoms with Gasteiger partial charge in [0.1, 0.15) is 5.75 Å². The molecule has 5 heteroatoms. The zero-order valence-corrected chi connectivity index (χ0v) is 12.9. The van der Waals surface area contributed by atoms with Gasteiger partial charge in [-0.25, -0.2) is 0 Å². The van der Waals surface area contributed by atoms with E-state index in [0.717, 1.165) is 18.8 Å². The summed E-state index contributed by atoms with van der Waals surface area (Å²) in [5, 5.41) is 2.93.